The summed E-state index contributed by atoms with van der Waals surface area (Å²) in [5, 5.41) is 12.1. The Bertz CT molecular complexity index is 384. The number of para-hydroxylation sites is 1. The van der Waals surface area contributed by atoms with Gasteiger partial charge in [0.2, 0.25) is 0 Å². The van der Waals surface area contributed by atoms with Gasteiger partial charge in [-0.05, 0) is 12.1 Å². The molecular formula is C9H7NO2. The summed E-state index contributed by atoms with van der Waals surface area (Å²) in [5.74, 6) is 0.554. The van der Waals surface area contributed by atoms with Crippen LogP contribution in [0.25, 0.3) is 11.0 Å². The van der Waals surface area contributed by atoms with Gasteiger partial charge in [-0.2, -0.15) is 0 Å². The van der Waals surface area contributed by atoms with Crippen molar-refractivity contribution in [3.8, 4) is 0 Å². The molecule has 0 radical (unpaired) electrons. The van der Waals surface area contributed by atoms with Gasteiger partial charge in [-0.15, -0.1) is 0 Å². The van der Waals surface area contributed by atoms with Crippen molar-refractivity contribution in [3.63, 3.8) is 0 Å². The van der Waals surface area contributed by atoms with Crippen LogP contribution in [0, 0.1) is 0 Å². The van der Waals surface area contributed by atoms with Crippen molar-refractivity contribution in [2.75, 3.05) is 0 Å². The third kappa shape index (κ3) is 1.05. The molecule has 0 saturated heterocycles. The second kappa shape index (κ2) is 2.70. The van der Waals surface area contributed by atoms with E-state index in [0.29, 0.717) is 5.76 Å². The number of nitrogens with zero attached hydrogens (tertiary/aromatic N) is 1. The van der Waals surface area contributed by atoms with E-state index in [1.807, 2.05) is 30.3 Å². The summed E-state index contributed by atoms with van der Waals surface area (Å²) in [6, 6.07) is 9.44. The molecule has 2 rings (SSSR count). The molecule has 0 fully saturated rings. The van der Waals surface area contributed by atoms with E-state index in [-0.39, 0.29) is 0 Å². The molecular weight excluding hydrogens is 154 g/mol. The van der Waals surface area contributed by atoms with Crippen LogP contribution in [0.4, 0.5) is 0 Å². The van der Waals surface area contributed by atoms with Crippen molar-refractivity contribution in [2.45, 2.75) is 0 Å². The summed E-state index contributed by atoms with van der Waals surface area (Å²) in [6.07, 6.45) is 1.26. The SMILES string of the molecule is O/N=C/c1cc2ccccc2o1. The van der Waals surface area contributed by atoms with E-state index >= 15 is 0 Å². The van der Waals surface area contributed by atoms with Crippen LogP contribution in [0.2, 0.25) is 0 Å². The fraction of sp³-hybridized carbons (Fsp3) is 0. The van der Waals surface area contributed by atoms with Gasteiger partial charge in [0, 0.05) is 5.39 Å². The first-order valence-electron chi connectivity index (χ1n) is 3.56. The Morgan fingerprint density at radius 3 is 2.92 bits per heavy atom. The molecule has 0 unspecified atom stereocenters. The van der Waals surface area contributed by atoms with Gasteiger partial charge in [0.25, 0.3) is 0 Å². The summed E-state index contributed by atoms with van der Waals surface area (Å²) in [5.41, 5.74) is 0.799. The maximum atomic E-state index is 8.25. The van der Waals surface area contributed by atoms with Crippen LogP contribution in [-0.4, -0.2) is 11.4 Å². The molecule has 1 heterocycles. The van der Waals surface area contributed by atoms with Gasteiger partial charge in [0.1, 0.15) is 17.6 Å². The molecule has 3 heteroatoms. The molecule has 0 aliphatic heterocycles. The predicted molar refractivity (Wildman–Crippen MR) is 45.6 cm³/mol. The monoisotopic (exact) mass is 161 g/mol. The highest BCUT2D eigenvalue weighted by molar-refractivity contribution is 5.86. The molecule has 3 nitrogen and oxygen atoms in total. The Labute approximate surface area is 68.9 Å². The van der Waals surface area contributed by atoms with Crippen LogP contribution in [-0.2, 0) is 0 Å². The lowest BCUT2D eigenvalue weighted by Crippen LogP contribution is -1.70. The Morgan fingerprint density at radius 1 is 1.33 bits per heavy atom. The number of rotatable bonds is 1. The number of hydrogen-bond acceptors (Lipinski definition) is 3. The van der Waals surface area contributed by atoms with E-state index in [1.54, 1.807) is 0 Å². The second-order valence-corrected chi connectivity index (χ2v) is 2.43. The largest absolute Gasteiger partial charge is 0.455 e. The maximum absolute atomic E-state index is 8.25. The average molecular weight is 161 g/mol. The molecule has 0 spiro atoms. The van der Waals surface area contributed by atoms with Gasteiger partial charge in [-0.1, -0.05) is 23.4 Å². The zero-order valence-electron chi connectivity index (χ0n) is 6.27. The van der Waals surface area contributed by atoms with E-state index < -0.39 is 0 Å². The van der Waals surface area contributed by atoms with Gasteiger partial charge in [-0.25, -0.2) is 0 Å². The van der Waals surface area contributed by atoms with Crippen LogP contribution in [0.5, 0.6) is 0 Å². The Hall–Kier alpha value is -1.77. The van der Waals surface area contributed by atoms with Crippen LogP contribution < -0.4 is 0 Å². The predicted octanol–water partition coefficient (Wildman–Crippen LogP) is 2.24. The minimum Gasteiger partial charge on any atom is -0.455 e. The molecule has 12 heavy (non-hydrogen) atoms. The number of oxime groups is 1. The van der Waals surface area contributed by atoms with Crippen LogP contribution in [0.1, 0.15) is 5.76 Å². The third-order valence-electron chi connectivity index (χ3n) is 1.63. The zero-order chi connectivity index (χ0) is 8.39. The topological polar surface area (TPSA) is 45.7 Å². The van der Waals surface area contributed by atoms with Gasteiger partial charge in [0.05, 0.1) is 0 Å². The molecule has 0 aliphatic rings. The van der Waals surface area contributed by atoms with E-state index in [9.17, 15) is 0 Å². The van der Waals surface area contributed by atoms with E-state index in [4.69, 9.17) is 9.62 Å². The van der Waals surface area contributed by atoms with E-state index in [1.165, 1.54) is 6.21 Å². The van der Waals surface area contributed by atoms with Crippen LogP contribution in [0.15, 0.2) is 39.9 Å². The second-order valence-electron chi connectivity index (χ2n) is 2.43. The molecule has 0 saturated carbocycles. The highest BCUT2D eigenvalue weighted by Crippen LogP contribution is 2.17. The fourth-order valence-electron chi connectivity index (χ4n) is 1.12. The van der Waals surface area contributed by atoms with E-state index in [2.05, 4.69) is 5.16 Å². The molecule has 0 bridgehead atoms. The van der Waals surface area contributed by atoms with Crippen molar-refractivity contribution < 1.29 is 9.62 Å². The molecule has 0 aliphatic carbocycles. The van der Waals surface area contributed by atoms with Crippen molar-refractivity contribution in [3.05, 3.63) is 36.1 Å². The number of benzene rings is 1. The van der Waals surface area contributed by atoms with Crippen molar-refractivity contribution >= 4 is 17.2 Å². The quantitative estimate of drug-likeness (QED) is 0.396. The highest BCUT2D eigenvalue weighted by Gasteiger charge is 1.98. The van der Waals surface area contributed by atoms with Gasteiger partial charge >= 0.3 is 0 Å². The first kappa shape index (κ1) is 6.91. The van der Waals surface area contributed by atoms with Gasteiger partial charge < -0.3 is 9.62 Å². The molecule has 0 atom stereocenters. The summed E-state index contributed by atoms with van der Waals surface area (Å²) in [6.45, 7) is 0. The third-order valence-corrected chi connectivity index (χ3v) is 1.63. The van der Waals surface area contributed by atoms with Crippen molar-refractivity contribution in [1.82, 2.24) is 0 Å². The highest BCUT2D eigenvalue weighted by atomic mass is 16.4. The summed E-state index contributed by atoms with van der Waals surface area (Å²) in [7, 11) is 0. The molecule has 60 valence electrons. The van der Waals surface area contributed by atoms with Crippen molar-refractivity contribution in [2.24, 2.45) is 5.16 Å². The van der Waals surface area contributed by atoms with Crippen molar-refractivity contribution in [1.29, 1.82) is 0 Å². The van der Waals surface area contributed by atoms with Gasteiger partial charge in [0.15, 0.2) is 0 Å². The number of hydrogen-bond donors (Lipinski definition) is 1. The lowest BCUT2D eigenvalue weighted by molar-refractivity contribution is 0.321. The Kier molecular flexibility index (Phi) is 1.55. The normalized spacial score (nSPS) is 11.3. The lowest BCUT2D eigenvalue weighted by Gasteiger charge is -1.82. The summed E-state index contributed by atoms with van der Waals surface area (Å²) >= 11 is 0. The van der Waals surface area contributed by atoms with E-state index in [0.717, 1.165) is 11.0 Å². The Morgan fingerprint density at radius 2 is 2.17 bits per heavy atom. The standard InChI is InChI=1S/C9H7NO2/c11-10-6-8-5-7-3-1-2-4-9(7)12-8/h1-6,11H/b10-6+. The first-order chi connectivity index (χ1) is 5.90. The number of furan rings is 1. The average Bonchev–Trinajstić information content (AvgIpc) is 2.47. The van der Waals surface area contributed by atoms with Crippen LogP contribution in [0.3, 0.4) is 0 Å². The zero-order valence-corrected chi connectivity index (χ0v) is 6.27. The summed E-state index contributed by atoms with van der Waals surface area (Å²) < 4.78 is 5.30. The molecule has 1 aromatic heterocycles. The first-order valence-corrected chi connectivity index (χ1v) is 3.56. The fourth-order valence-corrected chi connectivity index (χ4v) is 1.12. The minimum absolute atomic E-state index is 0.554. The maximum Gasteiger partial charge on any atom is 0.149 e. The van der Waals surface area contributed by atoms with Crippen LogP contribution >= 0.6 is 0 Å². The molecule has 2 aromatic rings. The summed E-state index contributed by atoms with van der Waals surface area (Å²) in [4.78, 5) is 0. The van der Waals surface area contributed by atoms with Gasteiger partial charge in [-0.3, -0.25) is 0 Å². The lowest BCUT2D eigenvalue weighted by atomic mass is 10.2. The number of fused-ring (bicyclic) bond motifs is 1. The smallest absolute Gasteiger partial charge is 0.149 e. The molecule has 0 amide bonds. The Balaban J connectivity index is 2.62. The minimum atomic E-state index is 0.554. The molecule has 1 N–H and O–H groups in total. The molecule has 1 aromatic carbocycles.